The predicted molar refractivity (Wildman–Crippen MR) is 114 cm³/mol. The third-order valence-electron chi connectivity index (χ3n) is 4.67. The van der Waals surface area contributed by atoms with E-state index in [4.69, 9.17) is 0 Å². The van der Waals surface area contributed by atoms with Crippen LogP contribution in [0.25, 0.3) is 0 Å². The van der Waals surface area contributed by atoms with Crippen LogP contribution >= 0.6 is 0 Å². The van der Waals surface area contributed by atoms with Crippen molar-refractivity contribution < 1.29 is 0 Å². The summed E-state index contributed by atoms with van der Waals surface area (Å²) in [7, 11) is 1.85. The van der Waals surface area contributed by atoms with Crippen LogP contribution in [0.2, 0.25) is 0 Å². The summed E-state index contributed by atoms with van der Waals surface area (Å²) in [5.74, 6) is 1.43. The van der Waals surface area contributed by atoms with E-state index in [1.807, 2.05) is 19.2 Å². The second kappa shape index (κ2) is 9.81. The highest BCUT2D eigenvalue weighted by Crippen LogP contribution is 2.32. The van der Waals surface area contributed by atoms with Crippen LogP contribution in [0.1, 0.15) is 26.7 Å². The Kier molecular flexibility index (Phi) is 7.46. The Hall–Kier alpha value is -2.55. The molecule has 0 saturated carbocycles. The first kappa shape index (κ1) is 19.8. The van der Waals surface area contributed by atoms with Crippen LogP contribution in [0.3, 0.4) is 0 Å². The lowest BCUT2D eigenvalue weighted by Crippen LogP contribution is -2.38. The number of hydrogen-bond acceptors (Lipinski definition) is 2. The van der Waals surface area contributed by atoms with Crippen LogP contribution < -0.4 is 5.43 Å². The quantitative estimate of drug-likeness (QED) is 0.299. The first-order valence-corrected chi connectivity index (χ1v) is 9.36. The molecule has 2 atom stereocenters. The standard InChI is InChI=1S/C23H31N3/c1-6-17-26(22-14-10-12-19(7-2)21(22)8-3)23(25-24-5)20-13-9-11-18(4)15-16-20/h7-12,14-16,19,21,24H,2-3,6,13,17H2,1,4-5H3/b25-23-. The molecule has 0 saturated heterocycles. The predicted octanol–water partition coefficient (Wildman–Crippen LogP) is 5.12. The maximum absolute atomic E-state index is 4.66. The topological polar surface area (TPSA) is 27.6 Å². The summed E-state index contributed by atoms with van der Waals surface area (Å²) < 4.78 is 0. The molecule has 0 radical (unpaired) electrons. The van der Waals surface area contributed by atoms with Gasteiger partial charge in [-0.05, 0) is 25.8 Å². The Morgan fingerprint density at radius 3 is 2.77 bits per heavy atom. The summed E-state index contributed by atoms with van der Waals surface area (Å²) in [6.07, 6.45) is 21.1. The molecule has 138 valence electrons. The molecular weight excluding hydrogens is 318 g/mol. The fourth-order valence-corrected chi connectivity index (χ4v) is 3.37. The van der Waals surface area contributed by atoms with Crippen molar-refractivity contribution in [2.45, 2.75) is 26.7 Å². The Bertz CT molecular complexity index is 701. The van der Waals surface area contributed by atoms with E-state index in [2.05, 4.69) is 85.0 Å². The average molecular weight is 350 g/mol. The second-order valence-corrected chi connectivity index (χ2v) is 6.57. The zero-order valence-electron chi connectivity index (χ0n) is 16.3. The van der Waals surface area contributed by atoms with Crippen LogP contribution in [-0.4, -0.2) is 24.3 Å². The highest BCUT2D eigenvalue weighted by molar-refractivity contribution is 6.00. The van der Waals surface area contributed by atoms with Gasteiger partial charge in [-0.1, -0.05) is 61.1 Å². The zero-order valence-corrected chi connectivity index (χ0v) is 16.3. The summed E-state index contributed by atoms with van der Waals surface area (Å²) in [4.78, 5) is 2.33. The minimum Gasteiger partial charge on any atom is -0.328 e. The summed E-state index contributed by atoms with van der Waals surface area (Å²) in [6, 6.07) is 0. The van der Waals surface area contributed by atoms with E-state index in [-0.39, 0.29) is 11.8 Å². The molecule has 2 aliphatic rings. The van der Waals surface area contributed by atoms with Gasteiger partial charge in [-0.25, -0.2) is 0 Å². The zero-order chi connectivity index (χ0) is 18.9. The minimum absolute atomic E-state index is 0.199. The van der Waals surface area contributed by atoms with Crippen LogP contribution in [0.5, 0.6) is 0 Å². The molecule has 0 fully saturated rings. The Labute approximate surface area is 158 Å². The maximum Gasteiger partial charge on any atom is 0.156 e. The fraction of sp³-hybridized carbons (Fsp3) is 0.348. The molecule has 3 nitrogen and oxygen atoms in total. The van der Waals surface area contributed by atoms with Crippen molar-refractivity contribution in [1.29, 1.82) is 0 Å². The van der Waals surface area contributed by atoms with Gasteiger partial charge in [0, 0.05) is 36.7 Å². The van der Waals surface area contributed by atoms with Crippen LogP contribution in [0, 0.1) is 11.8 Å². The number of rotatable bonds is 7. The third kappa shape index (κ3) is 4.54. The van der Waals surface area contributed by atoms with Crippen LogP contribution in [0.4, 0.5) is 0 Å². The number of nitrogens with zero attached hydrogens (tertiary/aromatic N) is 2. The van der Waals surface area contributed by atoms with Gasteiger partial charge < -0.3 is 10.3 Å². The van der Waals surface area contributed by atoms with Crippen molar-refractivity contribution in [3.8, 4) is 0 Å². The number of nitrogens with one attached hydrogen (secondary N) is 1. The van der Waals surface area contributed by atoms with Crippen molar-refractivity contribution >= 4 is 5.84 Å². The molecule has 0 amide bonds. The number of amidine groups is 1. The summed E-state index contributed by atoms with van der Waals surface area (Å²) >= 11 is 0. The maximum atomic E-state index is 4.66. The highest BCUT2D eigenvalue weighted by atomic mass is 15.3. The van der Waals surface area contributed by atoms with E-state index in [9.17, 15) is 0 Å². The summed E-state index contributed by atoms with van der Waals surface area (Å²) in [6.45, 7) is 13.3. The van der Waals surface area contributed by atoms with Gasteiger partial charge >= 0.3 is 0 Å². The molecule has 2 rings (SSSR count). The van der Waals surface area contributed by atoms with Crippen molar-refractivity contribution in [1.82, 2.24) is 10.3 Å². The lowest BCUT2D eigenvalue weighted by atomic mass is 9.84. The van der Waals surface area contributed by atoms with E-state index in [1.165, 1.54) is 16.8 Å². The largest absolute Gasteiger partial charge is 0.328 e. The Morgan fingerprint density at radius 1 is 1.31 bits per heavy atom. The number of allylic oxidation sites excluding steroid dienone is 10. The van der Waals surface area contributed by atoms with Crippen molar-refractivity contribution in [3.63, 3.8) is 0 Å². The van der Waals surface area contributed by atoms with Gasteiger partial charge in [0.05, 0.1) is 0 Å². The second-order valence-electron chi connectivity index (χ2n) is 6.57. The number of hydrogen-bond donors (Lipinski definition) is 1. The van der Waals surface area contributed by atoms with Crippen LogP contribution in [-0.2, 0) is 0 Å². The highest BCUT2D eigenvalue weighted by Gasteiger charge is 2.28. The molecule has 0 aromatic rings. The van der Waals surface area contributed by atoms with E-state index in [0.29, 0.717) is 0 Å². The average Bonchev–Trinajstić information content (AvgIpc) is 2.88. The SMILES string of the molecule is C=CC1C=CC=C(N(CCC)/C(=N\NC)C2=CC=C(C)C=CC2)C1C=C. The lowest BCUT2D eigenvalue weighted by molar-refractivity contribution is 0.425. The van der Waals surface area contributed by atoms with Gasteiger partial charge in [0.1, 0.15) is 0 Å². The molecule has 0 aliphatic heterocycles. The van der Waals surface area contributed by atoms with Gasteiger partial charge in [0.25, 0.3) is 0 Å². The Morgan fingerprint density at radius 2 is 2.12 bits per heavy atom. The van der Waals surface area contributed by atoms with Gasteiger partial charge in [0.15, 0.2) is 5.84 Å². The van der Waals surface area contributed by atoms with Gasteiger partial charge in [0.2, 0.25) is 0 Å². The van der Waals surface area contributed by atoms with E-state index in [0.717, 1.165) is 25.2 Å². The molecule has 0 aromatic heterocycles. The summed E-state index contributed by atoms with van der Waals surface area (Å²) in [5, 5.41) is 4.66. The smallest absolute Gasteiger partial charge is 0.156 e. The molecule has 1 N–H and O–H groups in total. The van der Waals surface area contributed by atoms with Gasteiger partial charge in [-0.3, -0.25) is 0 Å². The van der Waals surface area contributed by atoms with Crippen LogP contribution in [0.15, 0.2) is 89.8 Å². The first-order chi connectivity index (χ1) is 12.7. The first-order valence-electron chi connectivity index (χ1n) is 9.36. The van der Waals surface area contributed by atoms with E-state index in [1.54, 1.807) is 0 Å². The minimum atomic E-state index is 0.199. The molecule has 3 heteroatoms. The molecule has 26 heavy (non-hydrogen) atoms. The molecule has 2 aliphatic carbocycles. The molecule has 0 bridgehead atoms. The van der Waals surface area contributed by atoms with Gasteiger partial charge in [-0.2, -0.15) is 5.10 Å². The van der Waals surface area contributed by atoms with Crippen molar-refractivity contribution in [2.75, 3.05) is 13.6 Å². The van der Waals surface area contributed by atoms with E-state index >= 15 is 0 Å². The third-order valence-corrected chi connectivity index (χ3v) is 4.67. The Balaban J connectivity index is 2.48. The van der Waals surface area contributed by atoms with Crippen molar-refractivity contribution in [3.05, 3.63) is 84.7 Å². The number of hydrazone groups is 1. The van der Waals surface area contributed by atoms with Crippen molar-refractivity contribution in [2.24, 2.45) is 16.9 Å². The molecular formula is C23H31N3. The summed E-state index contributed by atoms with van der Waals surface area (Å²) in [5.41, 5.74) is 6.68. The van der Waals surface area contributed by atoms with E-state index < -0.39 is 0 Å². The van der Waals surface area contributed by atoms with Gasteiger partial charge in [-0.15, -0.1) is 13.2 Å². The molecule has 0 aromatic carbocycles. The molecule has 2 unspecified atom stereocenters. The monoisotopic (exact) mass is 349 g/mol. The normalized spacial score (nSPS) is 22.7. The molecule has 0 spiro atoms. The fourth-order valence-electron chi connectivity index (χ4n) is 3.37. The molecule has 0 heterocycles. The lowest BCUT2D eigenvalue weighted by Gasteiger charge is -2.36.